The van der Waals surface area contributed by atoms with Crippen LogP contribution in [-0.2, 0) is 7.05 Å². The molecular formula is C20H26N4O. The van der Waals surface area contributed by atoms with Gasteiger partial charge in [-0.2, -0.15) is 5.10 Å². The minimum Gasteiger partial charge on any atom is -0.288 e. The van der Waals surface area contributed by atoms with Crippen molar-refractivity contribution in [1.29, 1.82) is 0 Å². The maximum Gasteiger partial charge on any atom is 0.277 e. The van der Waals surface area contributed by atoms with Crippen LogP contribution in [0.25, 0.3) is 0 Å². The summed E-state index contributed by atoms with van der Waals surface area (Å²) in [5.41, 5.74) is 2.84. The molecule has 0 radical (unpaired) electrons. The molecule has 132 valence electrons. The van der Waals surface area contributed by atoms with Crippen molar-refractivity contribution in [1.82, 2.24) is 14.8 Å². The van der Waals surface area contributed by atoms with E-state index in [2.05, 4.69) is 10.1 Å². The number of carbonyl (C=O) groups is 1. The quantitative estimate of drug-likeness (QED) is 0.847. The van der Waals surface area contributed by atoms with Crippen LogP contribution >= 0.6 is 0 Å². The highest BCUT2D eigenvalue weighted by Crippen LogP contribution is 2.39. The van der Waals surface area contributed by atoms with Gasteiger partial charge in [-0.1, -0.05) is 25.3 Å². The van der Waals surface area contributed by atoms with Gasteiger partial charge in [0.25, 0.3) is 5.91 Å². The average Bonchev–Trinajstić information content (AvgIpc) is 3.40. The monoisotopic (exact) mass is 338 g/mol. The number of hydrogen-bond acceptors (Lipinski definition) is 3. The molecule has 0 unspecified atom stereocenters. The number of aromatic nitrogens is 3. The summed E-state index contributed by atoms with van der Waals surface area (Å²) in [6.07, 6.45) is 9.95. The Labute approximate surface area is 149 Å². The fourth-order valence-corrected chi connectivity index (χ4v) is 3.79. The normalized spacial score (nSPS) is 18.3. The molecule has 2 saturated carbocycles. The minimum atomic E-state index is 0.0325. The zero-order valence-corrected chi connectivity index (χ0v) is 15.1. The molecule has 5 nitrogen and oxygen atoms in total. The molecule has 2 fully saturated rings. The van der Waals surface area contributed by atoms with Gasteiger partial charge in [0.05, 0.1) is 5.69 Å². The third-order valence-electron chi connectivity index (χ3n) is 5.41. The Hall–Kier alpha value is -2.17. The maximum absolute atomic E-state index is 13.4. The predicted octanol–water partition coefficient (Wildman–Crippen LogP) is 3.98. The number of nitrogens with zero attached hydrogens (tertiary/aromatic N) is 4. The third-order valence-corrected chi connectivity index (χ3v) is 5.41. The van der Waals surface area contributed by atoms with E-state index in [0.717, 1.165) is 29.9 Å². The van der Waals surface area contributed by atoms with Crippen molar-refractivity contribution >= 4 is 11.7 Å². The largest absolute Gasteiger partial charge is 0.288 e. The van der Waals surface area contributed by atoms with Crippen molar-refractivity contribution < 1.29 is 4.79 Å². The molecular weight excluding hydrogens is 312 g/mol. The lowest BCUT2D eigenvalue weighted by Crippen LogP contribution is -2.43. The zero-order chi connectivity index (χ0) is 17.4. The second-order valence-corrected chi connectivity index (χ2v) is 7.51. The summed E-state index contributed by atoms with van der Waals surface area (Å²) in [6.45, 7) is 2.02. The lowest BCUT2D eigenvalue weighted by Gasteiger charge is -2.33. The highest BCUT2D eigenvalue weighted by Gasteiger charge is 2.33. The Morgan fingerprint density at radius 1 is 1.16 bits per heavy atom. The van der Waals surface area contributed by atoms with E-state index in [1.165, 1.54) is 32.1 Å². The van der Waals surface area contributed by atoms with Crippen LogP contribution in [0, 0.1) is 6.92 Å². The van der Waals surface area contributed by atoms with Gasteiger partial charge in [0.1, 0.15) is 11.5 Å². The summed E-state index contributed by atoms with van der Waals surface area (Å²) >= 11 is 0. The number of carbonyl (C=O) groups excluding carboxylic acids is 1. The van der Waals surface area contributed by atoms with Crippen LogP contribution in [-0.4, -0.2) is 26.7 Å². The van der Waals surface area contributed by atoms with Crippen molar-refractivity contribution in [3.63, 3.8) is 0 Å². The van der Waals surface area contributed by atoms with Crippen molar-refractivity contribution in [3.05, 3.63) is 41.3 Å². The Kier molecular flexibility index (Phi) is 4.32. The third kappa shape index (κ3) is 3.32. The van der Waals surface area contributed by atoms with E-state index in [4.69, 9.17) is 0 Å². The highest BCUT2D eigenvalue weighted by molar-refractivity contribution is 6.05. The van der Waals surface area contributed by atoms with Crippen molar-refractivity contribution in [2.45, 2.75) is 63.8 Å². The fourth-order valence-electron chi connectivity index (χ4n) is 3.79. The second-order valence-electron chi connectivity index (χ2n) is 7.51. The van der Waals surface area contributed by atoms with Gasteiger partial charge in [-0.25, -0.2) is 4.98 Å². The van der Waals surface area contributed by atoms with Gasteiger partial charge < -0.3 is 0 Å². The molecule has 0 N–H and O–H groups in total. The standard InChI is InChI=1S/C20H26N4O/c1-14-8-11-19(21-13-14)24(16-6-4-3-5-7-16)20(25)18-12-17(15-9-10-15)22-23(18)2/h8,11-13,15-16H,3-7,9-10H2,1-2H3. The molecule has 0 aromatic carbocycles. The Morgan fingerprint density at radius 3 is 2.56 bits per heavy atom. The molecule has 0 atom stereocenters. The lowest BCUT2D eigenvalue weighted by molar-refractivity contribution is 0.0960. The van der Waals surface area contributed by atoms with Crippen molar-refractivity contribution in [2.75, 3.05) is 4.90 Å². The summed E-state index contributed by atoms with van der Waals surface area (Å²) in [6, 6.07) is 6.23. The number of hydrogen-bond donors (Lipinski definition) is 0. The number of amides is 1. The van der Waals surface area contributed by atoms with Crippen molar-refractivity contribution in [3.8, 4) is 0 Å². The summed E-state index contributed by atoms with van der Waals surface area (Å²) < 4.78 is 1.75. The first kappa shape index (κ1) is 16.3. The Balaban J connectivity index is 1.68. The summed E-state index contributed by atoms with van der Waals surface area (Å²) in [7, 11) is 1.88. The van der Waals surface area contributed by atoms with Crippen LogP contribution < -0.4 is 4.90 Å². The van der Waals surface area contributed by atoms with Crippen LogP contribution in [0.15, 0.2) is 24.4 Å². The summed E-state index contributed by atoms with van der Waals surface area (Å²) in [4.78, 5) is 19.9. The molecule has 2 heterocycles. The van der Waals surface area contributed by atoms with Crippen LogP contribution in [0.5, 0.6) is 0 Å². The average molecular weight is 338 g/mol. The van der Waals surface area contributed by atoms with Gasteiger partial charge in [0.2, 0.25) is 0 Å². The molecule has 0 saturated heterocycles. The van der Waals surface area contributed by atoms with Crippen LogP contribution in [0.2, 0.25) is 0 Å². The van der Waals surface area contributed by atoms with E-state index in [-0.39, 0.29) is 11.9 Å². The summed E-state index contributed by atoms with van der Waals surface area (Å²) in [5, 5.41) is 4.58. The van der Waals surface area contributed by atoms with Crippen LogP contribution in [0.4, 0.5) is 5.82 Å². The molecule has 2 aromatic heterocycles. The first-order chi connectivity index (χ1) is 12.1. The van der Waals surface area contributed by atoms with Gasteiger partial charge in [0, 0.05) is 25.2 Å². The van der Waals surface area contributed by atoms with Gasteiger partial charge in [-0.05, 0) is 50.3 Å². The number of rotatable bonds is 4. The van der Waals surface area contributed by atoms with E-state index >= 15 is 0 Å². The molecule has 0 aliphatic heterocycles. The van der Waals surface area contributed by atoms with Crippen LogP contribution in [0.1, 0.15) is 72.6 Å². The number of aryl methyl sites for hydroxylation is 2. The van der Waals surface area contributed by atoms with Gasteiger partial charge in [-0.15, -0.1) is 0 Å². The molecule has 25 heavy (non-hydrogen) atoms. The molecule has 2 aliphatic rings. The Morgan fingerprint density at radius 2 is 1.92 bits per heavy atom. The Bertz CT molecular complexity index is 755. The van der Waals surface area contributed by atoms with E-state index in [0.29, 0.717) is 11.6 Å². The van der Waals surface area contributed by atoms with Crippen molar-refractivity contribution in [2.24, 2.45) is 7.05 Å². The number of anilines is 1. The summed E-state index contributed by atoms with van der Waals surface area (Å²) in [5.74, 6) is 1.34. The first-order valence-corrected chi connectivity index (χ1v) is 9.43. The predicted molar refractivity (Wildman–Crippen MR) is 97.8 cm³/mol. The molecule has 5 heteroatoms. The van der Waals surface area contributed by atoms with Gasteiger partial charge in [0.15, 0.2) is 0 Å². The SMILES string of the molecule is Cc1ccc(N(C(=O)c2cc(C3CC3)nn2C)C2CCCCC2)nc1. The smallest absolute Gasteiger partial charge is 0.277 e. The first-order valence-electron chi connectivity index (χ1n) is 9.43. The van der Waals surface area contributed by atoms with Crippen LogP contribution in [0.3, 0.4) is 0 Å². The fraction of sp³-hybridized carbons (Fsp3) is 0.550. The molecule has 2 aliphatic carbocycles. The zero-order valence-electron chi connectivity index (χ0n) is 15.1. The molecule has 0 spiro atoms. The number of pyridine rings is 1. The topological polar surface area (TPSA) is 51.0 Å². The lowest BCUT2D eigenvalue weighted by atomic mass is 9.94. The van der Waals surface area contributed by atoms with E-state index in [1.54, 1.807) is 4.68 Å². The molecule has 1 amide bonds. The second kappa shape index (κ2) is 6.62. The molecule has 0 bridgehead atoms. The van der Waals surface area contributed by atoms with E-state index in [1.807, 2.05) is 43.3 Å². The molecule has 4 rings (SSSR count). The maximum atomic E-state index is 13.4. The minimum absolute atomic E-state index is 0.0325. The molecule has 2 aromatic rings. The van der Waals surface area contributed by atoms with E-state index in [9.17, 15) is 4.79 Å². The highest BCUT2D eigenvalue weighted by atomic mass is 16.2. The van der Waals surface area contributed by atoms with E-state index < -0.39 is 0 Å². The van der Waals surface area contributed by atoms with Gasteiger partial charge >= 0.3 is 0 Å². The van der Waals surface area contributed by atoms with Gasteiger partial charge in [-0.3, -0.25) is 14.4 Å².